The first kappa shape index (κ1) is 27.6. The maximum absolute atomic E-state index is 11.6. The maximum Gasteiger partial charge on any atom is 0.332 e. The maximum atomic E-state index is 11.6. The van der Waals surface area contributed by atoms with Gasteiger partial charge in [0.15, 0.2) is 0 Å². The number of unbranched alkanes of at least 4 members (excludes halogenated alkanes) is 4. The third kappa shape index (κ3) is 7.24. The van der Waals surface area contributed by atoms with Gasteiger partial charge in [-0.25, -0.2) is 4.79 Å². The van der Waals surface area contributed by atoms with Gasteiger partial charge in [0.1, 0.15) is 5.75 Å². The molecule has 3 heteroatoms. The number of hydrogen-bond donors (Lipinski definition) is 1. The second kappa shape index (κ2) is 11.8. The fourth-order valence-electron chi connectivity index (χ4n) is 5.48. The highest BCUT2D eigenvalue weighted by atomic mass is 16.5. The second-order valence-electron chi connectivity index (χ2n) is 12.2. The van der Waals surface area contributed by atoms with E-state index < -0.39 is 5.97 Å². The zero-order chi connectivity index (χ0) is 25.6. The monoisotopic (exact) mass is 480 g/mol. The standard InChI is InChI=1S/C32H48O3/c1-7-8-9-10-13-20-35-28-22-27-26(31(3,4)18-19-32(27,5)6)21-25(28)15-12-11-14-23(2)29(30(33)34)24-16-17-24/h11,14,21-22,24H,7-10,12-13,15-20H2,1-6H3,(H,33,34). The Balaban J connectivity index is 1.78. The van der Waals surface area contributed by atoms with Crippen LogP contribution in [0.2, 0.25) is 0 Å². The Bertz CT molecular complexity index is 944. The van der Waals surface area contributed by atoms with E-state index in [4.69, 9.17) is 4.74 Å². The summed E-state index contributed by atoms with van der Waals surface area (Å²) in [4.78, 5) is 11.6. The van der Waals surface area contributed by atoms with Crippen LogP contribution in [0.4, 0.5) is 0 Å². The molecule has 2 aliphatic carbocycles. The van der Waals surface area contributed by atoms with E-state index in [-0.39, 0.29) is 16.7 Å². The Morgan fingerprint density at radius 2 is 1.66 bits per heavy atom. The molecule has 2 aliphatic rings. The SMILES string of the molecule is CCCCCCCOc1cc2c(cc1CCC=CC(C)=C(C(=O)O)C1CC1)C(C)(C)CCC2(C)C. The number of fused-ring (bicyclic) bond motifs is 1. The number of aryl methyl sites for hydroxylation is 1. The number of ether oxygens (including phenoxy) is 1. The average Bonchev–Trinajstić information content (AvgIpc) is 3.62. The fourth-order valence-corrected chi connectivity index (χ4v) is 5.48. The lowest BCUT2D eigenvalue weighted by atomic mass is 9.63. The predicted octanol–water partition coefficient (Wildman–Crippen LogP) is 8.68. The number of hydrogen-bond acceptors (Lipinski definition) is 2. The molecule has 1 fully saturated rings. The van der Waals surface area contributed by atoms with Crippen molar-refractivity contribution in [2.45, 2.75) is 123 Å². The summed E-state index contributed by atoms with van der Waals surface area (Å²) in [7, 11) is 0. The summed E-state index contributed by atoms with van der Waals surface area (Å²) in [6, 6.07) is 4.77. The number of carboxylic acid groups (broad SMARTS) is 1. The summed E-state index contributed by atoms with van der Waals surface area (Å²) in [6.45, 7) is 14.4. The Kier molecular flexibility index (Phi) is 9.29. The first-order valence-electron chi connectivity index (χ1n) is 14.0. The molecule has 0 bridgehead atoms. The number of carbonyl (C=O) groups is 1. The van der Waals surface area contributed by atoms with E-state index in [0.29, 0.717) is 5.57 Å². The summed E-state index contributed by atoms with van der Waals surface area (Å²) in [5.74, 6) is 0.541. The molecule has 0 unspecified atom stereocenters. The molecule has 1 N–H and O–H groups in total. The van der Waals surface area contributed by atoms with Gasteiger partial charge in [0.05, 0.1) is 6.61 Å². The molecule has 1 aromatic rings. The van der Waals surface area contributed by atoms with Crippen molar-refractivity contribution in [3.63, 3.8) is 0 Å². The summed E-state index contributed by atoms with van der Waals surface area (Å²) in [5.41, 5.74) is 6.05. The van der Waals surface area contributed by atoms with E-state index >= 15 is 0 Å². The largest absolute Gasteiger partial charge is 0.493 e. The van der Waals surface area contributed by atoms with Gasteiger partial charge in [0.2, 0.25) is 0 Å². The molecule has 0 aromatic heterocycles. The minimum atomic E-state index is -0.760. The van der Waals surface area contributed by atoms with Gasteiger partial charge >= 0.3 is 5.97 Å². The van der Waals surface area contributed by atoms with Gasteiger partial charge in [-0.3, -0.25) is 0 Å². The zero-order valence-corrected chi connectivity index (χ0v) is 23.1. The van der Waals surface area contributed by atoms with Gasteiger partial charge in [-0.15, -0.1) is 0 Å². The summed E-state index contributed by atoms with van der Waals surface area (Å²) >= 11 is 0. The number of carboxylic acids is 1. The van der Waals surface area contributed by atoms with Crippen LogP contribution >= 0.6 is 0 Å². The van der Waals surface area contributed by atoms with Crippen molar-refractivity contribution in [1.82, 2.24) is 0 Å². The van der Waals surface area contributed by atoms with E-state index in [0.717, 1.165) is 50.0 Å². The van der Waals surface area contributed by atoms with Gasteiger partial charge in [-0.05, 0) is 96.9 Å². The molecule has 35 heavy (non-hydrogen) atoms. The molecule has 194 valence electrons. The molecular weight excluding hydrogens is 432 g/mol. The lowest BCUT2D eigenvalue weighted by molar-refractivity contribution is -0.133. The number of aliphatic carboxylic acids is 1. The molecule has 0 amide bonds. The van der Waals surface area contributed by atoms with Crippen LogP contribution in [0.3, 0.4) is 0 Å². The van der Waals surface area contributed by atoms with Crippen molar-refractivity contribution < 1.29 is 14.6 Å². The molecule has 0 atom stereocenters. The Labute approximate surface area is 214 Å². The van der Waals surface area contributed by atoms with Gasteiger partial charge in [-0.1, -0.05) is 78.5 Å². The number of allylic oxidation sites excluding steroid dienone is 3. The van der Waals surface area contributed by atoms with Crippen LogP contribution in [0.15, 0.2) is 35.4 Å². The molecule has 0 radical (unpaired) electrons. The smallest absolute Gasteiger partial charge is 0.332 e. The molecule has 0 spiro atoms. The van der Waals surface area contributed by atoms with Crippen molar-refractivity contribution in [1.29, 1.82) is 0 Å². The summed E-state index contributed by atoms with van der Waals surface area (Å²) in [6.07, 6.45) is 16.5. The molecule has 3 nitrogen and oxygen atoms in total. The van der Waals surface area contributed by atoms with Crippen LogP contribution < -0.4 is 4.74 Å². The van der Waals surface area contributed by atoms with Crippen LogP contribution in [0.1, 0.15) is 122 Å². The lowest BCUT2D eigenvalue weighted by Crippen LogP contribution is -2.34. The molecule has 1 saturated carbocycles. The quantitative estimate of drug-likeness (QED) is 0.174. The minimum Gasteiger partial charge on any atom is -0.493 e. The van der Waals surface area contributed by atoms with E-state index in [9.17, 15) is 9.90 Å². The molecule has 0 saturated heterocycles. The lowest BCUT2D eigenvalue weighted by Gasteiger charge is -2.42. The van der Waals surface area contributed by atoms with Crippen LogP contribution in [0.25, 0.3) is 0 Å². The molecule has 0 aliphatic heterocycles. The van der Waals surface area contributed by atoms with Gasteiger partial charge < -0.3 is 9.84 Å². The topological polar surface area (TPSA) is 46.5 Å². The van der Waals surface area contributed by atoms with E-state index in [2.05, 4.69) is 52.8 Å². The fraction of sp³-hybridized carbons (Fsp3) is 0.656. The zero-order valence-electron chi connectivity index (χ0n) is 23.1. The van der Waals surface area contributed by atoms with Crippen LogP contribution in [0, 0.1) is 5.92 Å². The number of rotatable bonds is 13. The van der Waals surface area contributed by atoms with E-state index in [1.807, 2.05) is 13.0 Å². The summed E-state index contributed by atoms with van der Waals surface area (Å²) in [5, 5.41) is 9.57. The van der Waals surface area contributed by atoms with E-state index in [1.165, 1.54) is 55.2 Å². The van der Waals surface area contributed by atoms with Crippen LogP contribution in [-0.2, 0) is 22.0 Å². The highest BCUT2D eigenvalue weighted by molar-refractivity contribution is 5.89. The van der Waals surface area contributed by atoms with Crippen molar-refractivity contribution in [3.8, 4) is 5.75 Å². The first-order valence-corrected chi connectivity index (χ1v) is 14.0. The third-order valence-electron chi connectivity index (χ3n) is 8.13. The molecule has 0 heterocycles. The third-order valence-corrected chi connectivity index (χ3v) is 8.13. The normalized spacial score (nSPS) is 19.4. The Morgan fingerprint density at radius 3 is 2.26 bits per heavy atom. The highest BCUT2D eigenvalue weighted by Crippen LogP contribution is 2.48. The summed E-state index contributed by atoms with van der Waals surface area (Å²) < 4.78 is 6.42. The van der Waals surface area contributed by atoms with Crippen molar-refractivity contribution >= 4 is 5.97 Å². The minimum absolute atomic E-state index is 0.167. The Hall–Kier alpha value is -2.03. The van der Waals surface area contributed by atoms with Gasteiger partial charge in [0.25, 0.3) is 0 Å². The van der Waals surface area contributed by atoms with Crippen molar-refractivity contribution in [2.24, 2.45) is 5.92 Å². The van der Waals surface area contributed by atoms with E-state index in [1.54, 1.807) is 0 Å². The molecular formula is C32H48O3. The first-order chi connectivity index (χ1) is 16.6. The van der Waals surface area contributed by atoms with Gasteiger partial charge in [0, 0.05) is 5.57 Å². The molecule has 1 aromatic carbocycles. The van der Waals surface area contributed by atoms with Crippen LogP contribution in [-0.4, -0.2) is 17.7 Å². The number of benzene rings is 1. The second-order valence-corrected chi connectivity index (χ2v) is 12.2. The highest BCUT2D eigenvalue weighted by Gasteiger charge is 2.38. The van der Waals surface area contributed by atoms with Crippen LogP contribution in [0.5, 0.6) is 5.75 Å². The van der Waals surface area contributed by atoms with Crippen molar-refractivity contribution in [3.05, 3.63) is 52.1 Å². The van der Waals surface area contributed by atoms with Crippen molar-refractivity contribution in [2.75, 3.05) is 6.61 Å². The average molecular weight is 481 g/mol. The molecule has 3 rings (SSSR count). The Morgan fingerprint density at radius 1 is 1.03 bits per heavy atom. The van der Waals surface area contributed by atoms with Gasteiger partial charge in [-0.2, -0.15) is 0 Å². The predicted molar refractivity (Wildman–Crippen MR) is 147 cm³/mol.